The lowest BCUT2D eigenvalue weighted by atomic mass is 9.98. The molecular weight excluding hydrogens is 453 g/mol. The Morgan fingerprint density at radius 2 is 1.59 bits per heavy atom. The smallest absolute Gasteiger partial charge is 0.407 e. The van der Waals surface area contributed by atoms with E-state index in [2.05, 4.69) is 5.32 Å². The van der Waals surface area contributed by atoms with Gasteiger partial charge in [-0.25, -0.2) is 4.79 Å². The maximum atomic E-state index is 12.9. The summed E-state index contributed by atoms with van der Waals surface area (Å²) in [5.41, 5.74) is 4.05. The summed E-state index contributed by atoms with van der Waals surface area (Å²) in [5.74, 6) is -3.25. The van der Waals surface area contributed by atoms with Crippen LogP contribution in [0.15, 0.2) is 48.5 Å². The maximum absolute atomic E-state index is 12.9. The van der Waals surface area contributed by atoms with Crippen LogP contribution in [-0.4, -0.2) is 59.9 Å². The predicted octanol–water partition coefficient (Wildman–Crippen LogP) is 3.78. The minimum atomic E-state index is -4.77. The third-order valence-electron chi connectivity index (χ3n) is 5.98. The topological polar surface area (TPSA) is 95.9 Å². The summed E-state index contributed by atoms with van der Waals surface area (Å²) >= 11 is 0. The Kier molecular flexibility index (Phi) is 6.49. The van der Waals surface area contributed by atoms with Gasteiger partial charge in [-0.3, -0.25) is 9.59 Å². The Labute approximate surface area is 193 Å². The van der Waals surface area contributed by atoms with E-state index in [4.69, 9.17) is 9.84 Å². The summed E-state index contributed by atoms with van der Waals surface area (Å²) in [5, 5.41) is 11.3. The molecule has 1 atom stereocenters. The summed E-state index contributed by atoms with van der Waals surface area (Å²) in [4.78, 5) is 36.5. The van der Waals surface area contributed by atoms with E-state index in [1.54, 1.807) is 0 Å². The number of alkyl halides is 3. The SMILES string of the molecule is O=C(O)CN(CC(F)(F)F)C(=O)C(NC(=O)OCC1c2ccccc2-c2ccccc21)C1CC1. The fraction of sp³-hybridized carbons (Fsp3) is 0.375. The van der Waals surface area contributed by atoms with Crippen LogP contribution < -0.4 is 5.32 Å². The van der Waals surface area contributed by atoms with Gasteiger partial charge in [0.15, 0.2) is 0 Å². The van der Waals surface area contributed by atoms with E-state index in [0.29, 0.717) is 12.8 Å². The maximum Gasteiger partial charge on any atom is 0.407 e. The highest BCUT2D eigenvalue weighted by Gasteiger charge is 2.43. The van der Waals surface area contributed by atoms with Gasteiger partial charge in [0, 0.05) is 5.92 Å². The highest BCUT2D eigenvalue weighted by atomic mass is 19.4. The molecule has 0 bridgehead atoms. The number of hydrogen-bond acceptors (Lipinski definition) is 4. The van der Waals surface area contributed by atoms with E-state index in [1.165, 1.54) is 0 Å². The molecule has 2 N–H and O–H groups in total. The van der Waals surface area contributed by atoms with E-state index < -0.39 is 43.3 Å². The molecule has 1 fully saturated rings. The number of nitrogens with one attached hydrogen (secondary N) is 1. The van der Waals surface area contributed by atoms with Crippen molar-refractivity contribution in [3.05, 3.63) is 59.7 Å². The number of alkyl carbamates (subject to hydrolysis) is 1. The van der Waals surface area contributed by atoms with Crippen molar-refractivity contribution in [1.82, 2.24) is 10.2 Å². The van der Waals surface area contributed by atoms with Crippen molar-refractivity contribution in [3.63, 3.8) is 0 Å². The minimum absolute atomic E-state index is 0.0210. The summed E-state index contributed by atoms with van der Waals surface area (Å²) in [6, 6.07) is 14.2. The van der Waals surface area contributed by atoms with Crippen LogP contribution in [0, 0.1) is 5.92 Å². The Morgan fingerprint density at radius 3 is 2.09 bits per heavy atom. The number of rotatable bonds is 8. The fourth-order valence-electron chi connectivity index (χ4n) is 4.37. The Balaban J connectivity index is 1.44. The molecule has 0 radical (unpaired) electrons. The van der Waals surface area contributed by atoms with Gasteiger partial charge in [-0.05, 0) is 41.0 Å². The van der Waals surface area contributed by atoms with Crippen LogP contribution in [-0.2, 0) is 14.3 Å². The number of nitrogens with zero attached hydrogens (tertiary/aromatic N) is 1. The summed E-state index contributed by atoms with van der Waals surface area (Å²) in [7, 11) is 0. The molecule has 2 aromatic rings. The zero-order chi connectivity index (χ0) is 24.5. The summed E-state index contributed by atoms with van der Waals surface area (Å²) in [6.07, 6.45) is -4.64. The average molecular weight is 476 g/mol. The molecule has 1 saturated carbocycles. The number of amides is 2. The Hall–Kier alpha value is -3.56. The summed E-state index contributed by atoms with van der Waals surface area (Å²) < 4.78 is 44.1. The molecule has 2 aromatic carbocycles. The molecule has 0 aromatic heterocycles. The monoisotopic (exact) mass is 476 g/mol. The number of hydrogen-bond donors (Lipinski definition) is 2. The second-order valence-corrected chi connectivity index (χ2v) is 8.49. The van der Waals surface area contributed by atoms with Crippen molar-refractivity contribution in [1.29, 1.82) is 0 Å². The third-order valence-corrected chi connectivity index (χ3v) is 5.98. The molecule has 34 heavy (non-hydrogen) atoms. The molecule has 0 aliphatic heterocycles. The number of halogens is 3. The van der Waals surface area contributed by atoms with Crippen molar-refractivity contribution in [3.8, 4) is 11.1 Å². The van der Waals surface area contributed by atoms with E-state index in [9.17, 15) is 27.6 Å². The van der Waals surface area contributed by atoms with Crippen LogP contribution in [0.25, 0.3) is 11.1 Å². The van der Waals surface area contributed by atoms with Crippen molar-refractivity contribution in [2.45, 2.75) is 31.0 Å². The van der Waals surface area contributed by atoms with Crippen LogP contribution >= 0.6 is 0 Å². The van der Waals surface area contributed by atoms with Gasteiger partial charge in [0.05, 0.1) is 0 Å². The van der Waals surface area contributed by atoms with E-state index in [-0.39, 0.29) is 23.3 Å². The van der Waals surface area contributed by atoms with Gasteiger partial charge < -0.3 is 20.1 Å². The first-order valence-corrected chi connectivity index (χ1v) is 10.8. The third kappa shape index (κ3) is 5.32. The van der Waals surface area contributed by atoms with Gasteiger partial charge in [0.1, 0.15) is 25.7 Å². The van der Waals surface area contributed by atoms with Crippen LogP contribution in [0.5, 0.6) is 0 Å². The van der Waals surface area contributed by atoms with Gasteiger partial charge >= 0.3 is 18.2 Å². The molecule has 180 valence electrons. The first-order valence-electron chi connectivity index (χ1n) is 10.8. The predicted molar refractivity (Wildman–Crippen MR) is 115 cm³/mol. The zero-order valence-corrected chi connectivity index (χ0v) is 18.0. The molecule has 2 aliphatic rings. The van der Waals surface area contributed by atoms with E-state index in [1.807, 2.05) is 48.5 Å². The number of ether oxygens (including phenoxy) is 1. The molecule has 2 aliphatic carbocycles. The normalized spacial score (nSPS) is 15.7. The molecule has 0 spiro atoms. The lowest BCUT2D eigenvalue weighted by Gasteiger charge is -2.27. The lowest BCUT2D eigenvalue weighted by molar-refractivity contribution is -0.167. The van der Waals surface area contributed by atoms with Crippen molar-refractivity contribution in [2.24, 2.45) is 5.92 Å². The Morgan fingerprint density at radius 1 is 1.03 bits per heavy atom. The number of carbonyl (C=O) groups excluding carboxylic acids is 2. The van der Waals surface area contributed by atoms with Gasteiger partial charge in [0.25, 0.3) is 0 Å². The minimum Gasteiger partial charge on any atom is -0.480 e. The number of carboxylic acids is 1. The first kappa shape index (κ1) is 23.6. The second kappa shape index (κ2) is 9.36. The van der Waals surface area contributed by atoms with Crippen molar-refractivity contribution >= 4 is 18.0 Å². The molecule has 0 saturated heterocycles. The average Bonchev–Trinajstić information content (AvgIpc) is 3.56. The molecule has 4 rings (SSSR count). The lowest BCUT2D eigenvalue weighted by Crippen LogP contribution is -2.53. The summed E-state index contributed by atoms with van der Waals surface area (Å²) in [6.45, 7) is -2.85. The fourth-order valence-corrected chi connectivity index (χ4v) is 4.37. The molecule has 7 nitrogen and oxygen atoms in total. The van der Waals surface area contributed by atoms with Crippen molar-refractivity contribution < 1.29 is 37.4 Å². The van der Waals surface area contributed by atoms with Gasteiger partial charge in [-0.15, -0.1) is 0 Å². The first-order chi connectivity index (χ1) is 16.1. The van der Waals surface area contributed by atoms with Crippen LogP contribution in [0.4, 0.5) is 18.0 Å². The number of carbonyl (C=O) groups is 3. The Bertz CT molecular complexity index is 1050. The largest absolute Gasteiger partial charge is 0.480 e. The molecule has 1 unspecified atom stereocenters. The van der Waals surface area contributed by atoms with Gasteiger partial charge in [-0.2, -0.15) is 13.2 Å². The number of fused-ring (bicyclic) bond motifs is 3. The van der Waals surface area contributed by atoms with Crippen LogP contribution in [0.2, 0.25) is 0 Å². The van der Waals surface area contributed by atoms with Crippen LogP contribution in [0.1, 0.15) is 29.9 Å². The molecular formula is C24H23F3N2O5. The van der Waals surface area contributed by atoms with E-state index >= 15 is 0 Å². The molecule has 2 amide bonds. The second-order valence-electron chi connectivity index (χ2n) is 8.49. The molecule has 0 heterocycles. The highest BCUT2D eigenvalue weighted by Crippen LogP contribution is 2.44. The highest BCUT2D eigenvalue weighted by molar-refractivity contribution is 5.89. The number of aliphatic carboxylic acids is 1. The number of benzene rings is 2. The van der Waals surface area contributed by atoms with Gasteiger partial charge in [0.2, 0.25) is 5.91 Å². The van der Waals surface area contributed by atoms with Gasteiger partial charge in [-0.1, -0.05) is 48.5 Å². The van der Waals surface area contributed by atoms with Crippen LogP contribution in [0.3, 0.4) is 0 Å². The standard InChI is InChI=1S/C24H23F3N2O5/c25-24(26,27)13-29(11-20(30)31)22(32)21(14-9-10-14)28-23(33)34-12-19-17-7-3-1-5-15(17)16-6-2-4-8-18(16)19/h1-8,14,19,21H,9-13H2,(H,28,33)(H,30,31). The number of carboxylic acid groups (broad SMARTS) is 1. The zero-order valence-electron chi connectivity index (χ0n) is 18.0. The quantitative estimate of drug-likeness (QED) is 0.605. The molecule has 10 heteroatoms. The van der Waals surface area contributed by atoms with E-state index in [0.717, 1.165) is 22.3 Å². The van der Waals surface area contributed by atoms with Crippen molar-refractivity contribution in [2.75, 3.05) is 19.7 Å².